The van der Waals surface area contributed by atoms with Gasteiger partial charge in [0, 0.05) is 37.0 Å². The van der Waals surface area contributed by atoms with Crippen LogP contribution < -0.4 is 14.8 Å². The largest absolute Gasteiger partial charge is 0.485 e. The van der Waals surface area contributed by atoms with E-state index in [0.29, 0.717) is 41.7 Å². The van der Waals surface area contributed by atoms with E-state index in [-0.39, 0.29) is 24.4 Å². The molecule has 1 saturated heterocycles. The Labute approximate surface area is 177 Å². The summed E-state index contributed by atoms with van der Waals surface area (Å²) in [6.07, 6.45) is 8.34. The zero-order chi connectivity index (χ0) is 21.5. The first-order valence-electron chi connectivity index (χ1n) is 9.70. The van der Waals surface area contributed by atoms with Gasteiger partial charge in [-0.1, -0.05) is 0 Å². The summed E-state index contributed by atoms with van der Waals surface area (Å²) in [6, 6.07) is 5.00. The van der Waals surface area contributed by atoms with E-state index < -0.39 is 6.67 Å². The van der Waals surface area contributed by atoms with Crippen molar-refractivity contribution in [2.24, 2.45) is 0 Å². The first-order valence-corrected chi connectivity index (χ1v) is 9.70. The van der Waals surface area contributed by atoms with Crippen molar-refractivity contribution in [2.75, 3.05) is 26.5 Å². The lowest BCUT2D eigenvalue weighted by Gasteiger charge is -2.11. The molecule has 1 N–H and O–H groups in total. The summed E-state index contributed by atoms with van der Waals surface area (Å²) < 4.78 is 28.7. The van der Waals surface area contributed by atoms with E-state index in [0.717, 1.165) is 6.42 Å². The van der Waals surface area contributed by atoms with Crippen LogP contribution in [0.3, 0.4) is 0 Å². The van der Waals surface area contributed by atoms with Crippen LogP contribution in [-0.2, 0) is 4.74 Å². The molecule has 160 valence electrons. The monoisotopic (exact) mass is 425 g/mol. The highest BCUT2D eigenvalue weighted by molar-refractivity contribution is 5.93. The van der Waals surface area contributed by atoms with Crippen LogP contribution in [0.25, 0.3) is 11.4 Å². The molecule has 4 heterocycles. The summed E-state index contributed by atoms with van der Waals surface area (Å²) in [6.45, 7) is 0.445. The Bertz CT molecular complexity index is 1030. The molecule has 0 radical (unpaired) electrons. The number of aromatic nitrogens is 4. The molecule has 1 amide bonds. The Morgan fingerprint density at radius 3 is 2.87 bits per heavy atom. The predicted molar refractivity (Wildman–Crippen MR) is 108 cm³/mol. The second-order valence-corrected chi connectivity index (χ2v) is 6.68. The Morgan fingerprint density at radius 1 is 1.23 bits per heavy atom. The summed E-state index contributed by atoms with van der Waals surface area (Å²) in [5, 5.41) is 2.89. The number of nitrogens with one attached hydrogen (secondary N) is 1. The van der Waals surface area contributed by atoms with Crippen LogP contribution >= 0.6 is 0 Å². The fourth-order valence-corrected chi connectivity index (χ4v) is 2.93. The molecule has 0 saturated carbocycles. The summed E-state index contributed by atoms with van der Waals surface area (Å²) >= 11 is 0. The molecule has 9 nitrogen and oxygen atoms in total. The minimum absolute atomic E-state index is 0.00979. The van der Waals surface area contributed by atoms with Gasteiger partial charge in [-0.3, -0.25) is 9.78 Å². The molecule has 0 spiro atoms. The average Bonchev–Trinajstić information content (AvgIpc) is 3.32. The Morgan fingerprint density at radius 2 is 2.10 bits per heavy atom. The summed E-state index contributed by atoms with van der Waals surface area (Å²) in [5.74, 6) is 1.04. The standard InChI is InChI=1S/C21H20FN5O4/c22-4-7-30-18-2-1-5-24-21(18)31-17-8-14(9-23-12-17)19-25-10-15(11-26-19)20(28)27-16-3-6-29-13-16/h1-2,5,8-12,16H,3-4,6-7,13H2,(H,27,28)/t16-/m0/s1. The number of rotatable bonds is 8. The first-order chi connectivity index (χ1) is 15.2. The van der Waals surface area contributed by atoms with E-state index in [2.05, 4.69) is 25.3 Å². The zero-order valence-corrected chi connectivity index (χ0v) is 16.5. The van der Waals surface area contributed by atoms with Crippen molar-refractivity contribution >= 4 is 5.91 Å². The Kier molecular flexibility index (Phi) is 6.58. The second-order valence-electron chi connectivity index (χ2n) is 6.68. The van der Waals surface area contributed by atoms with Gasteiger partial charge in [-0.25, -0.2) is 19.3 Å². The normalized spacial score (nSPS) is 15.5. The van der Waals surface area contributed by atoms with Crippen molar-refractivity contribution in [2.45, 2.75) is 12.5 Å². The number of hydrogen-bond donors (Lipinski definition) is 1. The van der Waals surface area contributed by atoms with Gasteiger partial charge in [0.2, 0.25) is 0 Å². The van der Waals surface area contributed by atoms with Crippen molar-refractivity contribution in [3.8, 4) is 28.8 Å². The van der Waals surface area contributed by atoms with Crippen LogP contribution in [-0.4, -0.2) is 58.4 Å². The lowest BCUT2D eigenvalue weighted by atomic mass is 10.2. The first kappa shape index (κ1) is 20.6. The number of halogens is 1. The number of carbonyl (C=O) groups is 1. The molecule has 1 aliphatic heterocycles. The highest BCUT2D eigenvalue weighted by atomic mass is 19.1. The Balaban J connectivity index is 1.46. The highest BCUT2D eigenvalue weighted by Crippen LogP contribution is 2.30. The minimum Gasteiger partial charge on any atom is -0.485 e. The lowest BCUT2D eigenvalue weighted by Crippen LogP contribution is -2.35. The highest BCUT2D eigenvalue weighted by Gasteiger charge is 2.19. The smallest absolute Gasteiger partial charge is 0.262 e. The van der Waals surface area contributed by atoms with Crippen LogP contribution in [0.15, 0.2) is 49.2 Å². The molecular formula is C21H20FN5O4. The molecular weight excluding hydrogens is 405 g/mol. The van der Waals surface area contributed by atoms with Gasteiger partial charge in [-0.2, -0.15) is 0 Å². The fraction of sp³-hybridized carbons (Fsp3) is 0.286. The van der Waals surface area contributed by atoms with Gasteiger partial charge >= 0.3 is 0 Å². The molecule has 0 unspecified atom stereocenters. The average molecular weight is 425 g/mol. The Hall–Kier alpha value is -3.66. The number of nitrogens with zero attached hydrogens (tertiary/aromatic N) is 4. The molecule has 3 aromatic heterocycles. The van der Waals surface area contributed by atoms with Crippen molar-refractivity contribution < 1.29 is 23.4 Å². The molecule has 0 bridgehead atoms. The third kappa shape index (κ3) is 5.28. The maximum Gasteiger partial charge on any atom is 0.262 e. The zero-order valence-electron chi connectivity index (χ0n) is 16.5. The van der Waals surface area contributed by atoms with Crippen molar-refractivity contribution in [3.05, 3.63) is 54.7 Å². The van der Waals surface area contributed by atoms with Gasteiger partial charge < -0.3 is 19.5 Å². The van der Waals surface area contributed by atoms with E-state index in [1.165, 1.54) is 18.6 Å². The van der Waals surface area contributed by atoms with Gasteiger partial charge in [0.25, 0.3) is 11.8 Å². The number of ether oxygens (including phenoxy) is 3. The molecule has 1 aliphatic rings. The van der Waals surface area contributed by atoms with E-state index in [9.17, 15) is 9.18 Å². The third-order valence-corrected chi connectivity index (χ3v) is 4.44. The van der Waals surface area contributed by atoms with Crippen LogP contribution in [0.4, 0.5) is 4.39 Å². The van der Waals surface area contributed by atoms with E-state index >= 15 is 0 Å². The van der Waals surface area contributed by atoms with Crippen LogP contribution in [0, 0.1) is 0 Å². The molecule has 4 rings (SSSR count). The third-order valence-electron chi connectivity index (χ3n) is 4.44. The fourth-order valence-electron chi connectivity index (χ4n) is 2.93. The summed E-state index contributed by atoms with van der Waals surface area (Å²) in [5.41, 5.74) is 0.954. The predicted octanol–water partition coefficient (Wildman–Crippen LogP) is 2.59. The van der Waals surface area contributed by atoms with Gasteiger partial charge in [0.15, 0.2) is 11.6 Å². The number of hydrogen-bond acceptors (Lipinski definition) is 8. The van der Waals surface area contributed by atoms with E-state index in [4.69, 9.17) is 14.2 Å². The maximum absolute atomic E-state index is 12.4. The molecule has 0 aromatic carbocycles. The number of alkyl halides is 1. The second kappa shape index (κ2) is 9.90. The quantitative estimate of drug-likeness (QED) is 0.587. The SMILES string of the molecule is O=C(N[C@H]1CCOC1)c1cnc(-c2cncc(Oc3ncccc3OCCF)c2)nc1. The van der Waals surface area contributed by atoms with Crippen LogP contribution in [0.5, 0.6) is 17.4 Å². The van der Waals surface area contributed by atoms with E-state index in [1.54, 1.807) is 30.6 Å². The van der Waals surface area contributed by atoms with Crippen molar-refractivity contribution in [1.29, 1.82) is 0 Å². The molecule has 31 heavy (non-hydrogen) atoms. The minimum atomic E-state index is -0.620. The number of pyridine rings is 2. The number of amides is 1. The number of carbonyl (C=O) groups excluding carboxylic acids is 1. The molecule has 3 aromatic rings. The van der Waals surface area contributed by atoms with Gasteiger partial charge in [0.05, 0.1) is 24.4 Å². The molecule has 1 atom stereocenters. The van der Waals surface area contributed by atoms with Crippen molar-refractivity contribution in [3.63, 3.8) is 0 Å². The van der Waals surface area contributed by atoms with Gasteiger partial charge in [0.1, 0.15) is 19.0 Å². The summed E-state index contributed by atoms with van der Waals surface area (Å²) in [7, 11) is 0. The molecule has 1 fully saturated rings. The maximum atomic E-state index is 12.4. The molecule has 0 aliphatic carbocycles. The van der Waals surface area contributed by atoms with Crippen molar-refractivity contribution in [1.82, 2.24) is 25.3 Å². The van der Waals surface area contributed by atoms with Gasteiger partial charge in [-0.05, 0) is 24.6 Å². The van der Waals surface area contributed by atoms with Crippen LogP contribution in [0.2, 0.25) is 0 Å². The summed E-state index contributed by atoms with van der Waals surface area (Å²) in [4.78, 5) is 29.1. The lowest BCUT2D eigenvalue weighted by molar-refractivity contribution is 0.0929. The topological polar surface area (TPSA) is 108 Å². The van der Waals surface area contributed by atoms with E-state index in [1.807, 2.05) is 0 Å². The van der Waals surface area contributed by atoms with Crippen LogP contribution in [0.1, 0.15) is 16.8 Å². The molecule has 10 heteroatoms. The van der Waals surface area contributed by atoms with Gasteiger partial charge in [-0.15, -0.1) is 0 Å².